The number of likely N-dealkylation sites (tertiary alicyclic amines) is 1. The molecule has 2 rings (SSSR count). The van der Waals surface area contributed by atoms with Gasteiger partial charge in [0.25, 0.3) is 0 Å². The molecular weight excluding hydrogens is 256 g/mol. The van der Waals surface area contributed by atoms with E-state index in [0.717, 1.165) is 18.2 Å². The Labute approximate surface area is 129 Å². The molecule has 0 bridgehead atoms. The van der Waals surface area contributed by atoms with Crippen molar-refractivity contribution in [3.8, 4) is 0 Å². The number of aromatic nitrogens is 1. The number of allylic oxidation sites excluding steroid dienone is 3. The van der Waals surface area contributed by atoms with Crippen LogP contribution < -0.4 is 0 Å². The Morgan fingerprint density at radius 1 is 1.38 bits per heavy atom. The Kier molecular flexibility index (Phi) is 6.19. The summed E-state index contributed by atoms with van der Waals surface area (Å²) in [5, 5.41) is 0. The minimum atomic E-state index is 0.735. The molecule has 2 nitrogen and oxygen atoms in total. The molecule has 0 N–H and O–H groups in total. The molecule has 0 aliphatic carbocycles. The fraction of sp³-hybridized carbons (Fsp3) is 0.526. The third-order valence-electron chi connectivity index (χ3n) is 4.49. The lowest BCUT2D eigenvalue weighted by atomic mass is 9.95. The number of piperidine rings is 1. The van der Waals surface area contributed by atoms with Gasteiger partial charge in [-0.1, -0.05) is 30.2 Å². The average Bonchev–Trinajstić information content (AvgIpc) is 2.51. The lowest BCUT2D eigenvalue weighted by Crippen LogP contribution is -2.36. The molecule has 0 saturated carbocycles. The van der Waals surface area contributed by atoms with Crippen molar-refractivity contribution in [3.63, 3.8) is 0 Å². The van der Waals surface area contributed by atoms with Crippen LogP contribution in [0.4, 0.5) is 0 Å². The van der Waals surface area contributed by atoms with E-state index < -0.39 is 0 Å². The average molecular weight is 284 g/mol. The number of rotatable bonds is 5. The van der Waals surface area contributed by atoms with Crippen LogP contribution in [0, 0.1) is 0 Å². The monoisotopic (exact) mass is 284 g/mol. The van der Waals surface area contributed by atoms with Crippen molar-refractivity contribution in [2.24, 2.45) is 0 Å². The van der Waals surface area contributed by atoms with Crippen LogP contribution >= 0.6 is 0 Å². The van der Waals surface area contributed by atoms with Crippen LogP contribution in [0.15, 0.2) is 42.1 Å². The smallest absolute Gasteiger partial charge is 0.0661 e. The Hall–Kier alpha value is -1.41. The van der Waals surface area contributed by atoms with Crippen molar-refractivity contribution in [2.45, 2.75) is 52.0 Å². The molecule has 0 spiro atoms. The highest BCUT2D eigenvalue weighted by Crippen LogP contribution is 2.23. The van der Waals surface area contributed by atoms with Gasteiger partial charge in [0.1, 0.15) is 0 Å². The third-order valence-corrected chi connectivity index (χ3v) is 4.49. The maximum atomic E-state index is 4.45. The van der Waals surface area contributed by atoms with E-state index in [-0.39, 0.29) is 0 Å². The summed E-state index contributed by atoms with van der Waals surface area (Å²) in [6.07, 6.45) is 12.7. The second-order valence-electron chi connectivity index (χ2n) is 6.12. The first-order chi connectivity index (χ1) is 10.2. The van der Waals surface area contributed by atoms with Crippen molar-refractivity contribution in [3.05, 3.63) is 47.8 Å². The normalized spacial score (nSPS) is 21.6. The van der Waals surface area contributed by atoms with Crippen LogP contribution in [-0.2, 0) is 0 Å². The zero-order valence-corrected chi connectivity index (χ0v) is 13.7. The molecule has 114 valence electrons. The molecule has 1 fully saturated rings. The van der Waals surface area contributed by atoms with Crippen LogP contribution in [0.2, 0.25) is 0 Å². The van der Waals surface area contributed by atoms with E-state index in [9.17, 15) is 0 Å². The predicted octanol–water partition coefficient (Wildman–Crippen LogP) is 4.70. The molecule has 21 heavy (non-hydrogen) atoms. The first-order valence-electron chi connectivity index (χ1n) is 8.13. The molecule has 2 heteroatoms. The Balaban J connectivity index is 1.93. The summed E-state index contributed by atoms with van der Waals surface area (Å²) in [4.78, 5) is 6.97. The van der Waals surface area contributed by atoms with Crippen LogP contribution in [0.1, 0.15) is 51.6 Å². The summed E-state index contributed by atoms with van der Waals surface area (Å²) in [6.45, 7) is 5.63. The molecule has 0 aromatic carbocycles. The standard InChI is InChI=1S/C19H28N2/c1-4-17(19-10-5-7-13-20-19)12-11-16(2)15-18-9-6-8-14-21(18)3/h4-5,7,10-11,13,18H,6,8-9,12,14-15H2,1-3H3/b16-11+,17-4+. The molecule has 1 aliphatic rings. The van der Waals surface area contributed by atoms with Gasteiger partial charge in [-0.25, -0.2) is 0 Å². The van der Waals surface area contributed by atoms with E-state index in [4.69, 9.17) is 0 Å². The van der Waals surface area contributed by atoms with Gasteiger partial charge in [-0.3, -0.25) is 4.98 Å². The highest BCUT2D eigenvalue weighted by atomic mass is 15.1. The molecule has 1 aromatic rings. The van der Waals surface area contributed by atoms with Gasteiger partial charge in [0.2, 0.25) is 0 Å². The van der Waals surface area contributed by atoms with Crippen LogP contribution in [0.5, 0.6) is 0 Å². The number of nitrogens with zero attached hydrogens (tertiary/aromatic N) is 2. The summed E-state index contributed by atoms with van der Waals surface area (Å²) in [7, 11) is 2.27. The van der Waals surface area contributed by atoms with Gasteiger partial charge in [0, 0.05) is 12.2 Å². The summed E-state index contributed by atoms with van der Waals surface area (Å²) in [6, 6.07) is 6.85. The molecule has 0 amide bonds. The molecule has 1 aliphatic heterocycles. The van der Waals surface area contributed by atoms with Crippen molar-refractivity contribution in [2.75, 3.05) is 13.6 Å². The Bertz CT molecular complexity index is 488. The highest BCUT2D eigenvalue weighted by Gasteiger charge is 2.18. The van der Waals surface area contributed by atoms with Crippen molar-refractivity contribution in [1.29, 1.82) is 0 Å². The van der Waals surface area contributed by atoms with Gasteiger partial charge in [-0.2, -0.15) is 0 Å². The summed E-state index contributed by atoms with van der Waals surface area (Å²) < 4.78 is 0. The Morgan fingerprint density at radius 3 is 2.90 bits per heavy atom. The van der Waals surface area contributed by atoms with Crippen LogP contribution in [0.25, 0.3) is 5.57 Å². The molecule has 1 atom stereocenters. The maximum absolute atomic E-state index is 4.45. The van der Waals surface area contributed by atoms with Gasteiger partial charge in [0.05, 0.1) is 5.69 Å². The van der Waals surface area contributed by atoms with Crippen molar-refractivity contribution in [1.82, 2.24) is 9.88 Å². The van der Waals surface area contributed by atoms with Crippen molar-refractivity contribution >= 4 is 5.57 Å². The van der Waals surface area contributed by atoms with Gasteiger partial charge >= 0.3 is 0 Å². The third kappa shape index (κ3) is 4.82. The topological polar surface area (TPSA) is 16.1 Å². The quantitative estimate of drug-likeness (QED) is 0.729. The van der Waals surface area contributed by atoms with E-state index >= 15 is 0 Å². The molecule has 0 radical (unpaired) electrons. The van der Waals surface area contributed by atoms with E-state index in [1.54, 1.807) is 0 Å². The van der Waals surface area contributed by atoms with E-state index in [1.807, 2.05) is 12.3 Å². The van der Waals surface area contributed by atoms with Crippen LogP contribution in [0.3, 0.4) is 0 Å². The van der Waals surface area contributed by atoms with Crippen molar-refractivity contribution < 1.29 is 0 Å². The summed E-state index contributed by atoms with van der Waals surface area (Å²) in [5.74, 6) is 0. The maximum Gasteiger partial charge on any atom is 0.0661 e. The first kappa shape index (κ1) is 16.0. The molecule has 1 aromatic heterocycles. The number of hydrogen-bond donors (Lipinski definition) is 0. The number of hydrogen-bond acceptors (Lipinski definition) is 2. The summed E-state index contributed by atoms with van der Waals surface area (Å²) in [5.41, 5.74) is 3.91. The largest absolute Gasteiger partial charge is 0.303 e. The van der Waals surface area contributed by atoms with Gasteiger partial charge < -0.3 is 4.90 Å². The Morgan fingerprint density at radius 2 is 2.24 bits per heavy atom. The minimum absolute atomic E-state index is 0.735. The van der Waals surface area contributed by atoms with E-state index in [0.29, 0.717) is 0 Å². The predicted molar refractivity (Wildman–Crippen MR) is 91.1 cm³/mol. The second kappa shape index (κ2) is 8.14. The number of pyridine rings is 1. The lowest BCUT2D eigenvalue weighted by molar-refractivity contribution is 0.184. The highest BCUT2D eigenvalue weighted by molar-refractivity contribution is 5.63. The van der Waals surface area contributed by atoms with E-state index in [1.165, 1.54) is 43.4 Å². The van der Waals surface area contributed by atoms with Crippen LogP contribution in [-0.4, -0.2) is 29.5 Å². The molecule has 1 saturated heterocycles. The fourth-order valence-corrected chi connectivity index (χ4v) is 3.06. The zero-order chi connectivity index (χ0) is 15.1. The second-order valence-corrected chi connectivity index (χ2v) is 6.12. The zero-order valence-electron chi connectivity index (χ0n) is 13.7. The lowest BCUT2D eigenvalue weighted by Gasteiger charge is -2.32. The van der Waals surface area contributed by atoms with Gasteiger partial charge in [0.15, 0.2) is 0 Å². The van der Waals surface area contributed by atoms with E-state index in [2.05, 4.69) is 55.1 Å². The minimum Gasteiger partial charge on any atom is -0.303 e. The molecule has 2 heterocycles. The SMILES string of the molecule is C/C=C(\C/C=C(\C)CC1CCCCN1C)c1ccccn1. The molecular formula is C19H28N2. The summed E-state index contributed by atoms with van der Waals surface area (Å²) >= 11 is 0. The fourth-order valence-electron chi connectivity index (χ4n) is 3.06. The molecule has 1 unspecified atom stereocenters. The van der Waals surface area contributed by atoms with Gasteiger partial charge in [-0.05, 0) is 70.8 Å². The first-order valence-corrected chi connectivity index (χ1v) is 8.13. The van der Waals surface area contributed by atoms with Gasteiger partial charge in [-0.15, -0.1) is 0 Å².